The van der Waals surface area contributed by atoms with Crippen LogP contribution in [0.2, 0.25) is 0 Å². The monoisotopic (exact) mass is 211 g/mol. The summed E-state index contributed by atoms with van der Waals surface area (Å²) in [5.74, 6) is 1.37. The molecule has 1 fully saturated rings. The Hall–Kier alpha value is -0.450. The number of hydrogen-bond donors (Lipinski definition) is 1. The SMILES string of the molecule is CN(C)Cc1cnc([C@@H]2C[C@H]2CN)s1. The second kappa shape index (κ2) is 3.96. The average Bonchev–Trinajstić information content (AvgIpc) is 2.79. The van der Waals surface area contributed by atoms with Gasteiger partial charge in [-0.1, -0.05) is 0 Å². The van der Waals surface area contributed by atoms with Gasteiger partial charge in [-0.15, -0.1) is 11.3 Å². The van der Waals surface area contributed by atoms with Gasteiger partial charge in [0, 0.05) is 23.5 Å². The van der Waals surface area contributed by atoms with Gasteiger partial charge in [-0.2, -0.15) is 0 Å². The van der Waals surface area contributed by atoms with Gasteiger partial charge in [0.15, 0.2) is 0 Å². The van der Waals surface area contributed by atoms with Crippen LogP contribution >= 0.6 is 11.3 Å². The lowest BCUT2D eigenvalue weighted by Crippen LogP contribution is -2.09. The topological polar surface area (TPSA) is 42.2 Å². The molecule has 2 N–H and O–H groups in total. The molecule has 2 rings (SSSR count). The summed E-state index contributed by atoms with van der Waals surface area (Å²) in [5, 5.41) is 1.29. The molecule has 0 bridgehead atoms. The third kappa shape index (κ3) is 2.13. The lowest BCUT2D eigenvalue weighted by molar-refractivity contribution is 0.406. The molecule has 3 nitrogen and oxygen atoms in total. The van der Waals surface area contributed by atoms with E-state index in [-0.39, 0.29) is 0 Å². The number of nitrogens with zero attached hydrogens (tertiary/aromatic N) is 2. The van der Waals surface area contributed by atoms with Crippen LogP contribution in [0.5, 0.6) is 0 Å². The highest BCUT2D eigenvalue weighted by molar-refractivity contribution is 7.11. The van der Waals surface area contributed by atoms with Crippen LogP contribution in [0, 0.1) is 5.92 Å². The molecule has 0 aromatic carbocycles. The fourth-order valence-corrected chi connectivity index (χ4v) is 2.93. The first-order valence-electron chi connectivity index (χ1n) is 5.00. The summed E-state index contributed by atoms with van der Waals surface area (Å²) < 4.78 is 0. The van der Waals surface area contributed by atoms with E-state index in [4.69, 9.17) is 5.73 Å². The third-order valence-corrected chi connectivity index (χ3v) is 3.70. The summed E-state index contributed by atoms with van der Waals surface area (Å²) in [6.45, 7) is 1.81. The number of thiazole rings is 1. The van der Waals surface area contributed by atoms with Crippen LogP contribution in [-0.4, -0.2) is 30.5 Å². The lowest BCUT2D eigenvalue weighted by Gasteiger charge is -2.05. The maximum absolute atomic E-state index is 5.62. The van der Waals surface area contributed by atoms with E-state index in [9.17, 15) is 0 Å². The predicted molar refractivity (Wildman–Crippen MR) is 59.4 cm³/mol. The molecule has 2 atom stereocenters. The molecule has 1 saturated carbocycles. The van der Waals surface area contributed by atoms with E-state index in [0.717, 1.165) is 13.1 Å². The van der Waals surface area contributed by atoms with E-state index in [0.29, 0.717) is 11.8 Å². The van der Waals surface area contributed by atoms with Crippen LogP contribution in [0.1, 0.15) is 22.2 Å². The van der Waals surface area contributed by atoms with Crippen molar-refractivity contribution >= 4 is 11.3 Å². The van der Waals surface area contributed by atoms with E-state index >= 15 is 0 Å². The standard InChI is InChI=1S/C10H17N3S/c1-13(2)6-8-5-12-10(14-8)9-3-7(9)4-11/h5,7,9H,3-4,6,11H2,1-2H3/t7-,9+/m0/s1. The van der Waals surface area contributed by atoms with Crippen molar-refractivity contribution in [2.24, 2.45) is 11.7 Å². The Bertz CT molecular complexity index is 308. The third-order valence-electron chi connectivity index (χ3n) is 2.59. The minimum atomic E-state index is 0.668. The fraction of sp³-hybridized carbons (Fsp3) is 0.700. The van der Waals surface area contributed by atoms with Crippen LogP contribution in [0.4, 0.5) is 0 Å². The second-order valence-electron chi connectivity index (χ2n) is 4.24. The molecule has 0 aliphatic heterocycles. The summed E-state index contributed by atoms with van der Waals surface area (Å²) in [6, 6.07) is 0. The molecule has 0 amide bonds. The Morgan fingerprint density at radius 2 is 2.43 bits per heavy atom. The highest BCUT2D eigenvalue weighted by Crippen LogP contribution is 2.47. The maximum Gasteiger partial charge on any atom is 0.0962 e. The van der Waals surface area contributed by atoms with Crippen molar-refractivity contribution in [3.63, 3.8) is 0 Å². The Balaban J connectivity index is 1.97. The first kappa shape index (κ1) is 10.1. The van der Waals surface area contributed by atoms with Crippen LogP contribution in [0.3, 0.4) is 0 Å². The summed E-state index contributed by atoms with van der Waals surface area (Å²) >= 11 is 1.84. The molecule has 78 valence electrons. The summed E-state index contributed by atoms with van der Waals surface area (Å²) in [4.78, 5) is 7.99. The van der Waals surface area contributed by atoms with E-state index < -0.39 is 0 Å². The molecule has 1 aliphatic rings. The van der Waals surface area contributed by atoms with Gasteiger partial charge in [-0.05, 0) is 33.0 Å². The van der Waals surface area contributed by atoms with Crippen molar-refractivity contribution in [3.8, 4) is 0 Å². The fourth-order valence-electron chi connectivity index (χ4n) is 1.69. The quantitative estimate of drug-likeness (QED) is 0.815. The van der Waals surface area contributed by atoms with Crippen LogP contribution in [-0.2, 0) is 6.54 Å². The predicted octanol–water partition coefficient (Wildman–Crippen LogP) is 1.27. The zero-order valence-electron chi connectivity index (χ0n) is 8.73. The van der Waals surface area contributed by atoms with Gasteiger partial charge in [0.25, 0.3) is 0 Å². The normalized spacial score (nSPS) is 25.7. The van der Waals surface area contributed by atoms with Gasteiger partial charge in [-0.3, -0.25) is 0 Å². The number of rotatable bonds is 4. The highest BCUT2D eigenvalue weighted by atomic mass is 32.1. The van der Waals surface area contributed by atoms with Crippen molar-refractivity contribution in [1.29, 1.82) is 0 Å². The second-order valence-corrected chi connectivity index (χ2v) is 5.39. The zero-order chi connectivity index (χ0) is 10.1. The van der Waals surface area contributed by atoms with Gasteiger partial charge in [0.05, 0.1) is 5.01 Å². The minimum Gasteiger partial charge on any atom is -0.330 e. The molecule has 1 heterocycles. The van der Waals surface area contributed by atoms with Crippen LogP contribution < -0.4 is 5.73 Å². The molecular weight excluding hydrogens is 194 g/mol. The molecule has 0 saturated heterocycles. The number of nitrogens with two attached hydrogens (primary N) is 1. The van der Waals surface area contributed by atoms with Crippen molar-refractivity contribution in [3.05, 3.63) is 16.1 Å². The Morgan fingerprint density at radius 3 is 3.00 bits per heavy atom. The first-order valence-corrected chi connectivity index (χ1v) is 5.81. The van der Waals surface area contributed by atoms with Gasteiger partial charge in [0.2, 0.25) is 0 Å². The zero-order valence-corrected chi connectivity index (χ0v) is 9.55. The summed E-state index contributed by atoms with van der Waals surface area (Å²) in [6.07, 6.45) is 3.25. The molecule has 14 heavy (non-hydrogen) atoms. The molecule has 4 heteroatoms. The molecule has 0 unspecified atom stereocenters. The number of hydrogen-bond acceptors (Lipinski definition) is 4. The average molecular weight is 211 g/mol. The van der Waals surface area contributed by atoms with E-state index in [1.165, 1.54) is 16.3 Å². The molecule has 1 aliphatic carbocycles. The van der Waals surface area contributed by atoms with Crippen LogP contribution in [0.25, 0.3) is 0 Å². The maximum atomic E-state index is 5.62. The van der Waals surface area contributed by atoms with Gasteiger partial charge in [0.1, 0.15) is 0 Å². The van der Waals surface area contributed by atoms with Crippen molar-refractivity contribution in [2.75, 3.05) is 20.6 Å². The summed E-state index contributed by atoms with van der Waals surface area (Å²) in [7, 11) is 4.17. The molecule has 0 spiro atoms. The molecule has 1 aromatic heterocycles. The Labute approximate surface area is 88.9 Å². The van der Waals surface area contributed by atoms with E-state index in [2.05, 4.69) is 24.0 Å². The smallest absolute Gasteiger partial charge is 0.0962 e. The minimum absolute atomic E-state index is 0.668. The molecule has 0 radical (unpaired) electrons. The van der Waals surface area contributed by atoms with E-state index in [1.54, 1.807) is 0 Å². The summed E-state index contributed by atoms with van der Waals surface area (Å²) in [5.41, 5.74) is 5.62. The Morgan fingerprint density at radius 1 is 1.64 bits per heavy atom. The van der Waals surface area contributed by atoms with Crippen molar-refractivity contribution in [1.82, 2.24) is 9.88 Å². The van der Waals surface area contributed by atoms with Crippen molar-refractivity contribution in [2.45, 2.75) is 18.9 Å². The van der Waals surface area contributed by atoms with Crippen molar-refractivity contribution < 1.29 is 0 Å². The first-order chi connectivity index (χ1) is 6.70. The van der Waals surface area contributed by atoms with Gasteiger partial charge in [-0.25, -0.2) is 4.98 Å². The van der Waals surface area contributed by atoms with Gasteiger partial charge >= 0.3 is 0 Å². The Kier molecular flexibility index (Phi) is 2.85. The largest absolute Gasteiger partial charge is 0.330 e. The van der Waals surface area contributed by atoms with E-state index in [1.807, 2.05) is 17.5 Å². The molecular formula is C10H17N3S. The lowest BCUT2D eigenvalue weighted by atomic mass is 10.3. The number of aromatic nitrogens is 1. The highest BCUT2D eigenvalue weighted by Gasteiger charge is 2.39. The van der Waals surface area contributed by atoms with Crippen LogP contribution in [0.15, 0.2) is 6.20 Å². The van der Waals surface area contributed by atoms with Gasteiger partial charge < -0.3 is 10.6 Å². The molecule has 1 aromatic rings.